The normalized spacial score (nSPS) is 16.5. The third-order valence-corrected chi connectivity index (χ3v) is 2.13. The highest BCUT2D eigenvalue weighted by Crippen LogP contribution is 2.00. The van der Waals surface area contributed by atoms with Crippen LogP contribution in [-0.4, -0.2) is 44.7 Å². The van der Waals surface area contributed by atoms with Crippen molar-refractivity contribution >= 4 is 0 Å². The molecule has 2 unspecified atom stereocenters. The van der Waals surface area contributed by atoms with Gasteiger partial charge in [-0.15, -0.1) is 0 Å². The van der Waals surface area contributed by atoms with Gasteiger partial charge in [-0.2, -0.15) is 0 Å². The highest BCUT2D eigenvalue weighted by atomic mass is 15.0. The molecular formula is C9H23N3. The molecular weight excluding hydrogens is 150 g/mol. The SMILES string of the molecule is CNC(CCCN(C)C)C(C)N. The van der Waals surface area contributed by atoms with Crippen LogP contribution in [0.15, 0.2) is 0 Å². The third-order valence-electron chi connectivity index (χ3n) is 2.13. The molecule has 3 nitrogen and oxygen atoms in total. The summed E-state index contributed by atoms with van der Waals surface area (Å²) in [6.07, 6.45) is 2.37. The predicted molar refractivity (Wildman–Crippen MR) is 54.3 cm³/mol. The monoisotopic (exact) mass is 173 g/mol. The van der Waals surface area contributed by atoms with E-state index in [9.17, 15) is 0 Å². The van der Waals surface area contributed by atoms with E-state index in [4.69, 9.17) is 5.73 Å². The quantitative estimate of drug-likeness (QED) is 0.605. The van der Waals surface area contributed by atoms with Crippen LogP contribution >= 0.6 is 0 Å². The molecule has 0 aliphatic carbocycles. The van der Waals surface area contributed by atoms with Gasteiger partial charge in [0.2, 0.25) is 0 Å². The fraction of sp³-hybridized carbons (Fsp3) is 1.00. The summed E-state index contributed by atoms with van der Waals surface area (Å²) in [4.78, 5) is 2.20. The van der Waals surface area contributed by atoms with Crippen molar-refractivity contribution in [3.05, 3.63) is 0 Å². The zero-order valence-electron chi connectivity index (χ0n) is 8.80. The summed E-state index contributed by atoms with van der Waals surface area (Å²) in [5.41, 5.74) is 5.79. The Balaban J connectivity index is 3.45. The van der Waals surface area contributed by atoms with Crippen LogP contribution in [0.5, 0.6) is 0 Å². The second kappa shape index (κ2) is 6.40. The maximum Gasteiger partial charge on any atom is 0.0213 e. The molecule has 3 heteroatoms. The minimum atomic E-state index is 0.247. The molecule has 0 radical (unpaired) electrons. The zero-order valence-corrected chi connectivity index (χ0v) is 8.80. The number of rotatable bonds is 6. The first-order chi connectivity index (χ1) is 5.57. The molecule has 0 heterocycles. The second-order valence-electron chi connectivity index (χ2n) is 3.70. The summed E-state index contributed by atoms with van der Waals surface area (Å²) in [7, 11) is 6.17. The van der Waals surface area contributed by atoms with Crippen LogP contribution in [0, 0.1) is 0 Å². The Kier molecular flexibility index (Phi) is 6.34. The molecule has 0 bridgehead atoms. The summed E-state index contributed by atoms with van der Waals surface area (Å²) in [6.45, 7) is 3.20. The lowest BCUT2D eigenvalue weighted by atomic mass is 10.1. The van der Waals surface area contributed by atoms with E-state index in [1.54, 1.807) is 0 Å². The Morgan fingerprint density at radius 2 is 2.00 bits per heavy atom. The van der Waals surface area contributed by atoms with Gasteiger partial charge in [-0.25, -0.2) is 0 Å². The van der Waals surface area contributed by atoms with E-state index in [0.717, 1.165) is 13.0 Å². The average Bonchev–Trinajstić information content (AvgIpc) is 1.96. The molecule has 3 N–H and O–H groups in total. The smallest absolute Gasteiger partial charge is 0.0213 e. The maximum atomic E-state index is 5.79. The first-order valence-electron chi connectivity index (χ1n) is 4.65. The van der Waals surface area contributed by atoms with Crippen molar-refractivity contribution < 1.29 is 0 Å². The Morgan fingerprint density at radius 1 is 1.42 bits per heavy atom. The summed E-state index contributed by atoms with van der Waals surface area (Å²) in [5, 5.41) is 3.23. The first kappa shape index (κ1) is 11.9. The summed E-state index contributed by atoms with van der Waals surface area (Å²) in [6, 6.07) is 0.710. The van der Waals surface area contributed by atoms with Crippen molar-refractivity contribution in [2.24, 2.45) is 5.73 Å². The average molecular weight is 173 g/mol. The van der Waals surface area contributed by atoms with Crippen molar-refractivity contribution in [3.63, 3.8) is 0 Å². The van der Waals surface area contributed by atoms with Gasteiger partial charge >= 0.3 is 0 Å². The maximum absolute atomic E-state index is 5.79. The van der Waals surface area contributed by atoms with Crippen molar-refractivity contribution in [2.45, 2.75) is 31.8 Å². The molecule has 0 saturated heterocycles. The molecule has 0 amide bonds. The minimum Gasteiger partial charge on any atom is -0.327 e. The summed E-state index contributed by atoms with van der Waals surface area (Å²) in [5.74, 6) is 0. The van der Waals surface area contributed by atoms with E-state index in [-0.39, 0.29) is 6.04 Å². The van der Waals surface area contributed by atoms with Crippen LogP contribution in [0.1, 0.15) is 19.8 Å². The molecule has 74 valence electrons. The molecule has 12 heavy (non-hydrogen) atoms. The molecule has 0 aromatic carbocycles. The Bertz CT molecular complexity index is 102. The summed E-state index contributed by atoms with van der Waals surface area (Å²) >= 11 is 0. The highest BCUT2D eigenvalue weighted by Gasteiger charge is 2.09. The van der Waals surface area contributed by atoms with Gasteiger partial charge in [0.05, 0.1) is 0 Å². The Labute approximate surface area is 76.3 Å². The second-order valence-corrected chi connectivity index (χ2v) is 3.70. The van der Waals surface area contributed by atoms with E-state index < -0.39 is 0 Å². The molecule has 0 aromatic rings. The van der Waals surface area contributed by atoms with Crippen LogP contribution < -0.4 is 11.1 Å². The molecule has 2 atom stereocenters. The van der Waals surface area contributed by atoms with Crippen molar-refractivity contribution in [1.29, 1.82) is 0 Å². The highest BCUT2D eigenvalue weighted by molar-refractivity contribution is 4.73. The Hall–Kier alpha value is -0.120. The molecule has 0 rings (SSSR count). The molecule has 0 aromatic heterocycles. The number of hydrogen-bond acceptors (Lipinski definition) is 3. The van der Waals surface area contributed by atoms with Crippen LogP contribution in [0.25, 0.3) is 0 Å². The number of likely N-dealkylation sites (N-methyl/N-ethyl adjacent to an activating group) is 1. The van der Waals surface area contributed by atoms with Crippen molar-refractivity contribution in [2.75, 3.05) is 27.7 Å². The van der Waals surface area contributed by atoms with E-state index in [0.29, 0.717) is 6.04 Å². The number of nitrogens with zero attached hydrogens (tertiary/aromatic N) is 1. The number of nitrogens with two attached hydrogens (primary N) is 1. The standard InChI is InChI=1S/C9H23N3/c1-8(10)9(11-2)6-5-7-12(3)4/h8-9,11H,5-7,10H2,1-4H3. The van der Waals surface area contributed by atoms with Crippen LogP contribution in [0.4, 0.5) is 0 Å². The van der Waals surface area contributed by atoms with Gasteiger partial charge in [0.25, 0.3) is 0 Å². The molecule has 0 saturated carbocycles. The largest absolute Gasteiger partial charge is 0.327 e. The zero-order chi connectivity index (χ0) is 9.56. The minimum absolute atomic E-state index is 0.247. The Morgan fingerprint density at radius 3 is 2.33 bits per heavy atom. The fourth-order valence-electron chi connectivity index (χ4n) is 1.30. The third kappa shape index (κ3) is 5.52. The lowest BCUT2D eigenvalue weighted by molar-refractivity contribution is 0.362. The first-order valence-corrected chi connectivity index (χ1v) is 4.65. The van der Waals surface area contributed by atoms with Gasteiger partial charge in [-0.1, -0.05) is 0 Å². The lowest BCUT2D eigenvalue weighted by Gasteiger charge is -2.20. The number of nitrogens with one attached hydrogen (secondary N) is 1. The van der Waals surface area contributed by atoms with Gasteiger partial charge in [0.1, 0.15) is 0 Å². The van der Waals surface area contributed by atoms with E-state index >= 15 is 0 Å². The lowest BCUT2D eigenvalue weighted by Crippen LogP contribution is -2.41. The van der Waals surface area contributed by atoms with E-state index in [1.165, 1.54) is 6.42 Å². The molecule has 0 aliphatic heterocycles. The van der Waals surface area contributed by atoms with Crippen molar-refractivity contribution in [3.8, 4) is 0 Å². The van der Waals surface area contributed by atoms with Gasteiger partial charge in [-0.3, -0.25) is 0 Å². The van der Waals surface area contributed by atoms with E-state index in [1.807, 2.05) is 7.05 Å². The topological polar surface area (TPSA) is 41.3 Å². The molecule has 0 aliphatic rings. The van der Waals surface area contributed by atoms with Crippen molar-refractivity contribution in [1.82, 2.24) is 10.2 Å². The van der Waals surface area contributed by atoms with Gasteiger partial charge < -0.3 is 16.0 Å². The fourth-order valence-corrected chi connectivity index (χ4v) is 1.30. The van der Waals surface area contributed by atoms with Gasteiger partial charge in [0, 0.05) is 12.1 Å². The van der Waals surface area contributed by atoms with Crippen LogP contribution in [0.3, 0.4) is 0 Å². The molecule has 0 spiro atoms. The number of hydrogen-bond donors (Lipinski definition) is 2. The van der Waals surface area contributed by atoms with Gasteiger partial charge in [0.15, 0.2) is 0 Å². The molecule has 0 fully saturated rings. The van der Waals surface area contributed by atoms with Crippen LogP contribution in [-0.2, 0) is 0 Å². The van der Waals surface area contributed by atoms with Gasteiger partial charge in [-0.05, 0) is 47.5 Å². The predicted octanol–water partition coefficient (Wildman–Crippen LogP) is 0.263. The van der Waals surface area contributed by atoms with Crippen LogP contribution in [0.2, 0.25) is 0 Å². The summed E-state index contributed by atoms with van der Waals surface area (Å²) < 4.78 is 0. The van der Waals surface area contributed by atoms with E-state index in [2.05, 4.69) is 31.2 Å².